The Labute approximate surface area is 93.5 Å². The van der Waals surface area contributed by atoms with Crippen LogP contribution in [0.4, 0.5) is 5.82 Å². The monoisotopic (exact) mass is 225 g/mol. The van der Waals surface area contributed by atoms with Crippen LogP contribution in [-0.4, -0.2) is 27.6 Å². The molecule has 0 aliphatic heterocycles. The van der Waals surface area contributed by atoms with Gasteiger partial charge < -0.3 is 5.32 Å². The number of hydrogen-bond donors (Lipinski definition) is 2. The molecule has 0 bridgehead atoms. The minimum Gasteiger partial charge on any atom is -0.308 e. The first-order valence-electron chi connectivity index (χ1n) is 4.65. The van der Waals surface area contributed by atoms with Crippen molar-refractivity contribution in [3.8, 4) is 0 Å². The number of amides is 1. The summed E-state index contributed by atoms with van der Waals surface area (Å²) in [6, 6.07) is 0. The lowest BCUT2D eigenvalue weighted by Crippen LogP contribution is -2.15. The Morgan fingerprint density at radius 2 is 2.40 bits per heavy atom. The average molecular weight is 225 g/mol. The van der Waals surface area contributed by atoms with Crippen LogP contribution < -0.4 is 5.32 Å². The van der Waals surface area contributed by atoms with Crippen molar-refractivity contribution in [1.29, 1.82) is 0 Å². The summed E-state index contributed by atoms with van der Waals surface area (Å²) in [6.07, 6.45) is 1.78. The number of H-pyrrole nitrogens is 1. The van der Waals surface area contributed by atoms with E-state index in [1.165, 1.54) is 11.8 Å². The first-order chi connectivity index (χ1) is 7.15. The molecule has 1 aromatic rings. The molecule has 82 valence electrons. The van der Waals surface area contributed by atoms with E-state index in [2.05, 4.69) is 22.1 Å². The molecule has 15 heavy (non-hydrogen) atoms. The van der Waals surface area contributed by atoms with Crippen LogP contribution in [0.15, 0.2) is 12.7 Å². The van der Waals surface area contributed by atoms with Crippen LogP contribution in [0.2, 0.25) is 0 Å². The van der Waals surface area contributed by atoms with Crippen LogP contribution in [-0.2, 0) is 4.79 Å². The molecule has 1 amide bonds. The summed E-state index contributed by atoms with van der Waals surface area (Å²) >= 11 is 1.53. The molecule has 0 unspecified atom stereocenters. The number of nitrogens with one attached hydrogen (secondary N) is 2. The number of thioether (sulfide) groups is 1. The summed E-state index contributed by atoms with van der Waals surface area (Å²) in [5, 5.41) is 9.57. The maximum atomic E-state index is 11.4. The lowest BCUT2D eigenvalue weighted by Gasteiger charge is -2.01. The molecule has 1 heterocycles. The van der Waals surface area contributed by atoms with Gasteiger partial charge in [0, 0.05) is 17.0 Å². The molecule has 0 radical (unpaired) electrons. The summed E-state index contributed by atoms with van der Waals surface area (Å²) in [5.41, 5.74) is 1.96. The maximum absolute atomic E-state index is 11.4. The fraction of sp³-hybridized carbons (Fsp3) is 0.400. The number of aromatic amines is 1. The standard InChI is InChI=1S/C10H15N3OS/c1-4-5-15-6-9(14)11-10-7(2)8(3)12-13-10/h4H,1,5-6H2,2-3H3,(H2,11,12,13,14). The topological polar surface area (TPSA) is 57.8 Å². The number of rotatable bonds is 5. The molecule has 5 heteroatoms. The van der Waals surface area contributed by atoms with Gasteiger partial charge in [-0.3, -0.25) is 9.89 Å². The van der Waals surface area contributed by atoms with E-state index in [1.807, 2.05) is 13.8 Å². The van der Waals surface area contributed by atoms with Crippen LogP contribution >= 0.6 is 11.8 Å². The molecule has 0 saturated heterocycles. The van der Waals surface area contributed by atoms with Gasteiger partial charge in [0.2, 0.25) is 5.91 Å². The van der Waals surface area contributed by atoms with Gasteiger partial charge in [0.05, 0.1) is 5.75 Å². The van der Waals surface area contributed by atoms with Crippen LogP contribution in [0, 0.1) is 13.8 Å². The van der Waals surface area contributed by atoms with E-state index < -0.39 is 0 Å². The van der Waals surface area contributed by atoms with Crippen molar-refractivity contribution in [1.82, 2.24) is 10.2 Å². The minimum atomic E-state index is -0.0311. The number of hydrogen-bond acceptors (Lipinski definition) is 3. The fourth-order valence-electron chi connectivity index (χ4n) is 1.01. The summed E-state index contributed by atoms with van der Waals surface area (Å²) < 4.78 is 0. The van der Waals surface area contributed by atoms with E-state index in [4.69, 9.17) is 0 Å². The lowest BCUT2D eigenvalue weighted by molar-refractivity contribution is -0.113. The van der Waals surface area contributed by atoms with Gasteiger partial charge in [-0.05, 0) is 13.8 Å². The summed E-state index contributed by atoms with van der Waals surface area (Å²) in [6.45, 7) is 7.43. The first kappa shape index (κ1) is 11.8. The Balaban J connectivity index is 2.44. The molecular formula is C10H15N3OS. The normalized spacial score (nSPS) is 10.0. The highest BCUT2D eigenvalue weighted by Crippen LogP contribution is 2.14. The largest absolute Gasteiger partial charge is 0.308 e. The average Bonchev–Trinajstić information content (AvgIpc) is 2.50. The van der Waals surface area contributed by atoms with Crippen molar-refractivity contribution in [2.45, 2.75) is 13.8 Å². The highest BCUT2D eigenvalue weighted by molar-refractivity contribution is 8.00. The van der Waals surface area contributed by atoms with E-state index in [9.17, 15) is 4.79 Å². The molecule has 1 rings (SSSR count). The second-order valence-corrected chi connectivity index (χ2v) is 4.20. The van der Waals surface area contributed by atoms with Crippen molar-refractivity contribution in [2.24, 2.45) is 0 Å². The quantitative estimate of drug-likeness (QED) is 0.594. The van der Waals surface area contributed by atoms with Crippen molar-refractivity contribution >= 4 is 23.5 Å². The van der Waals surface area contributed by atoms with Gasteiger partial charge in [-0.25, -0.2) is 0 Å². The van der Waals surface area contributed by atoms with E-state index in [-0.39, 0.29) is 5.91 Å². The molecule has 0 spiro atoms. The van der Waals surface area contributed by atoms with E-state index >= 15 is 0 Å². The minimum absolute atomic E-state index is 0.0311. The number of carbonyl (C=O) groups excluding carboxylic acids is 1. The number of anilines is 1. The van der Waals surface area contributed by atoms with Crippen molar-refractivity contribution < 1.29 is 4.79 Å². The second-order valence-electron chi connectivity index (χ2n) is 3.17. The molecule has 0 aromatic carbocycles. The SMILES string of the molecule is C=CCSCC(=O)Nc1n[nH]c(C)c1C. The molecule has 2 N–H and O–H groups in total. The van der Waals surface area contributed by atoms with E-state index in [1.54, 1.807) is 6.08 Å². The fourth-order valence-corrected chi connectivity index (χ4v) is 1.55. The number of aromatic nitrogens is 2. The number of carbonyl (C=O) groups is 1. The molecule has 1 aromatic heterocycles. The third-order valence-electron chi connectivity index (χ3n) is 1.98. The van der Waals surface area contributed by atoms with Crippen LogP contribution in [0.25, 0.3) is 0 Å². The number of nitrogens with zero attached hydrogens (tertiary/aromatic N) is 1. The Kier molecular flexibility index (Phi) is 4.42. The zero-order chi connectivity index (χ0) is 11.3. The molecular weight excluding hydrogens is 210 g/mol. The molecule has 0 aliphatic carbocycles. The predicted molar refractivity (Wildman–Crippen MR) is 64.2 cm³/mol. The van der Waals surface area contributed by atoms with E-state index in [0.717, 1.165) is 17.0 Å². The molecule has 4 nitrogen and oxygen atoms in total. The summed E-state index contributed by atoms with van der Waals surface area (Å²) in [5.74, 6) is 1.80. The summed E-state index contributed by atoms with van der Waals surface area (Å²) in [4.78, 5) is 11.4. The molecule has 0 aliphatic rings. The molecule has 0 fully saturated rings. The maximum Gasteiger partial charge on any atom is 0.235 e. The van der Waals surface area contributed by atoms with Crippen LogP contribution in [0.3, 0.4) is 0 Å². The highest BCUT2D eigenvalue weighted by atomic mass is 32.2. The van der Waals surface area contributed by atoms with Crippen molar-refractivity contribution in [3.05, 3.63) is 23.9 Å². The molecule has 0 saturated carbocycles. The van der Waals surface area contributed by atoms with Crippen LogP contribution in [0.5, 0.6) is 0 Å². The van der Waals surface area contributed by atoms with Gasteiger partial charge in [-0.2, -0.15) is 5.10 Å². The zero-order valence-electron chi connectivity index (χ0n) is 8.96. The second kappa shape index (κ2) is 5.60. The summed E-state index contributed by atoms with van der Waals surface area (Å²) in [7, 11) is 0. The zero-order valence-corrected chi connectivity index (χ0v) is 9.78. The van der Waals surface area contributed by atoms with Gasteiger partial charge in [0.25, 0.3) is 0 Å². The predicted octanol–water partition coefficient (Wildman–Crippen LogP) is 1.88. The Hall–Kier alpha value is -1.23. The van der Waals surface area contributed by atoms with Gasteiger partial charge in [0.1, 0.15) is 0 Å². The highest BCUT2D eigenvalue weighted by Gasteiger charge is 2.08. The van der Waals surface area contributed by atoms with Crippen LogP contribution in [0.1, 0.15) is 11.3 Å². The van der Waals surface area contributed by atoms with Gasteiger partial charge in [-0.1, -0.05) is 6.08 Å². The number of aryl methyl sites for hydroxylation is 1. The van der Waals surface area contributed by atoms with Crippen molar-refractivity contribution in [3.63, 3.8) is 0 Å². The first-order valence-corrected chi connectivity index (χ1v) is 5.80. The van der Waals surface area contributed by atoms with E-state index in [0.29, 0.717) is 11.6 Å². The lowest BCUT2D eigenvalue weighted by atomic mass is 10.3. The molecule has 0 atom stereocenters. The van der Waals surface area contributed by atoms with Gasteiger partial charge in [-0.15, -0.1) is 18.3 Å². The third-order valence-corrected chi connectivity index (χ3v) is 2.92. The Morgan fingerprint density at radius 3 is 2.93 bits per heavy atom. The Morgan fingerprint density at radius 1 is 1.67 bits per heavy atom. The van der Waals surface area contributed by atoms with Crippen molar-refractivity contribution in [2.75, 3.05) is 16.8 Å². The van der Waals surface area contributed by atoms with Gasteiger partial charge >= 0.3 is 0 Å². The smallest absolute Gasteiger partial charge is 0.235 e. The van der Waals surface area contributed by atoms with Gasteiger partial charge in [0.15, 0.2) is 5.82 Å². The Bertz CT molecular complexity index is 360. The third kappa shape index (κ3) is 3.43.